The van der Waals surface area contributed by atoms with E-state index in [0.29, 0.717) is 27.5 Å². The van der Waals surface area contributed by atoms with Crippen LogP contribution in [0.25, 0.3) is 11.0 Å². The largest absolute Gasteiger partial charge is 0.486 e. The molecule has 0 spiro atoms. The molecule has 0 aliphatic heterocycles. The lowest BCUT2D eigenvalue weighted by Crippen LogP contribution is -2.20. The first-order chi connectivity index (χ1) is 15.5. The van der Waals surface area contributed by atoms with Gasteiger partial charge in [0.05, 0.1) is 15.9 Å². The molecule has 0 unspecified atom stereocenters. The lowest BCUT2D eigenvalue weighted by Gasteiger charge is -2.23. The van der Waals surface area contributed by atoms with Crippen LogP contribution in [-0.2, 0) is 22.0 Å². The van der Waals surface area contributed by atoms with E-state index in [1.807, 2.05) is 75.4 Å². The highest BCUT2D eigenvalue weighted by atomic mass is 32.2. The van der Waals surface area contributed by atoms with E-state index < -0.39 is 10.0 Å². The number of aryl methyl sites for hydroxylation is 3. The second-order valence-electron chi connectivity index (χ2n) is 9.58. The highest BCUT2D eigenvalue weighted by Gasteiger charge is 2.29. The Hall–Kier alpha value is -3.12. The smallest absolute Gasteiger partial charge is 0.270 e. The summed E-state index contributed by atoms with van der Waals surface area (Å²) in [6.07, 6.45) is 0. The zero-order valence-corrected chi connectivity index (χ0v) is 20.8. The van der Waals surface area contributed by atoms with E-state index in [4.69, 9.17) is 4.74 Å². The predicted molar refractivity (Wildman–Crippen MR) is 132 cm³/mol. The van der Waals surface area contributed by atoms with Crippen LogP contribution in [0.3, 0.4) is 0 Å². The number of fused-ring (bicyclic) bond motifs is 1. The van der Waals surface area contributed by atoms with E-state index >= 15 is 0 Å². The van der Waals surface area contributed by atoms with Gasteiger partial charge in [0.25, 0.3) is 10.0 Å². The number of aromatic nitrogens is 2. The minimum Gasteiger partial charge on any atom is -0.486 e. The molecule has 33 heavy (non-hydrogen) atoms. The van der Waals surface area contributed by atoms with Crippen molar-refractivity contribution in [1.29, 1.82) is 0 Å². The van der Waals surface area contributed by atoms with Crippen LogP contribution in [0, 0.1) is 20.8 Å². The second-order valence-corrected chi connectivity index (χ2v) is 11.3. The molecular weight excluding hydrogens is 432 g/mol. The van der Waals surface area contributed by atoms with Gasteiger partial charge in [-0.25, -0.2) is 17.4 Å². The monoisotopic (exact) mass is 462 g/mol. The first kappa shape index (κ1) is 23.1. The number of imidazole rings is 1. The number of ether oxygens (including phenoxy) is 1. The maximum atomic E-state index is 14.1. The van der Waals surface area contributed by atoms with Crippen molar-refractivity contribution in [3.8, 4) is 5.75 Å². The molecule has 6 heteroatoms. The molecule has 4 rings (SSSR count). The molecule has 0 fully saturated rings. The van der Waals surface area contributed by atoms with Gasteiger partial charge in [0.2, 0.25) is 0 Å². The number of para-hydroxylation sites is 2. The second kappa shape index (κ2) is 8.34. The first-order valence-electron chi connectivity index (χ1n) is 11.0. The Morgan fingerprint density at radius 1 is 0.909 bits per heavy atom. The summed E-state index contributed by atoms with van der Waals surface area (Å²) in [7, 11) is -3.91. The van der Waals surface area contributed by atoms with E-state index in [1.54, 1.807) is 6.07 Å². The highest BCUT2D eigenvalue weighted by molar-refractivity contribution is 7.90. The van der Waals surface area contributed by atoms with Gasteiger partial charge in [-0.1, -0.05) is 62.7 Å². The average molecular weight is 463 g/mol. The van der Waals surface area contributed by atoms with E-state index in [1.165, 1.54) is 3.97 Å². The SMILES string of the molecule is Cc1ccc(OCc2nc3ccccc3n2S(=O)(=O)c2c(C)cc(C(C)(C)C)cc2C)cc1. The van der Waals surface area contributed by atoms with E-state index in [2.05, 4.69) is 25.8 Å². The highest BCUT2D eigenvalue weighted by Crippen LogP contribution is 2.32. The van der Waals surface area contributed by atoms with Gasteiger partial charge in [0.1, 0.15) is 12.4 Å². The average Bonchev–Trinajstić information content (AvgIpc) is 3.11. The topological polar surface area (TPSA) is 61.2 Å². The van der Waals surface area contributed by atoms with Crippen molar-refractivity contribution in [3.05, 3.63) is 88.7 Å². The number of nitrogens with zero attached hydrogens (tertiary/aromatic N) is 2. The first-order valence-corrected chi connectivity index (χ1v) is 12.5. The van der Waals surface area contributed by atoms with Crippen molar-refractivity contribution in [2.75, 3.05) is 0 Å². The predicted octanol–water partition coefficient (Wildman–Crippen LogP) is 6.08. The fourth-order valence-electron chi connectivity index (χ4n) is 4.08. The Morgan fingerprint density at radius 2 is 1.52 bits per heavy atom. The van der Waals surface area contributed by atoms with Crippen LogP contribution < -0.4 is 4.74 Å². The minimum atomic E-state index is -3.91. The summed E-state index contributed by atoms with van der Waals surface area (Å²) in [6.45, 7) is 12.1. The summed E-state index contributed by atoms with van der Waals surface area (Å²) in [5, 5.41) is 0. The molecule has 1 heterocycles. The molecule has 0 saturated carbocycles. The molecule has 0 saturated heterocycles. The van der Waals surface area contributed by atoms with Gasteiger partial charge in [0, 0.05) is 0 Å². The summed E-state index contributed by atoms with van der Waals surface area (Å²) in [5.74, 6) is 1.01. The van der Waals surface area contributed by atoms with E-state index in [9.17, 15) is 8.42 Å². The standard InChI is InChI=1S/C27H30N2O3S/c1-18-11-13-22(14-12-18)32-17-25-28-23-9-7-8-10-24(23)29(25)33(30,31)26-19(2)15-21(16-20(26)3)27(4,5)6/h7-16H,17H2,1-6H3. The van der Waals surface area contributed by atoms with Crippen molar-refractivity contribution in [2.45, 2.75) is 58.5 Å². The molecule has 0 atom stereocenters. The van der Waals surface area contributed by atoms with Crippen LogP contribution in [0.2, 0.25) is 0 Å². The molecule has 3 aromatic carbocycles. The molecule has 0 aliphatic carbocycles. The fourth-order valence-corrected chi connectivity index (χ4v) is 5.98. The lowest BCUT2D eigenvalue weighted by molar-refractivity contribution is 0.295. The molecule has 172 valence electrons. The van der Waals surface area contributed by atoms with E-state index in [-0.39, 0.29) is 12.0 Å². The minimum absolute atomic E-state index is 0.0368. The zero-order valence-electron chi connectivity index (χ0n) is 20.0. The van der Waals surface area contributed by atoms with Crippen LogP contribution in [0.1, 0.15) is 48.8 Å². The van der Waals surface area contributed by atoms with Crippen molar-refractivity contribution >= 4 is 21.1 Å². The molecule has 4 aromatic rings. The van der Waals surface area contributed by atoms with Crippen LogP contribution in [0.5, 0.6) is 5.75 Å². The van der Waals surface area contributed by atoms with Gasteiger partial charge in [-0.3, -0.25) is 0 Å². The molecule has 1 aromatic heterocycles. The molecule has 0 radical (unpaired) electrons. The summed E-state index contributed by atoms with van der Waals surface area (Å²) in [6, 6.07) is 18.9. The van der Waals surface area contributed by atoms with Crippen LogP contribution in [0.4, 0.5) is 0 Å². The van der Waals surface area contributed by atoms with Crippen LogP contribution in [-0.4, -0.2) is 17.4 Å². The molecule has 0 N–H and O–H groups in total. The molecule has 0 amide bonds. The third-order valence-electron chi connectivity index (χ3n) is 5.80. The Labute approximate surface area is 196 Å². The Balaban J connectivity index is 1.84. The Kier molecular flexibility index (Phi) is 5.83. The molecular formula is C27H30N2O3S. The summed E-state index contributed by atoms with van der Waals surface area (Å²) in [5.41, 5.74) is 4.76. The molecule has 5 nitrogen and oxygen atoms in total. The maximum Gasteiger partial charge on any atom is 0.270 e. The van der Waals surface area contributed by atoms with Gasteiger partial charge in [-0.15, -0.1) is 0 Å². The summed E-state index contributed by atoms with van der Waals surface area (Å²) in [4.78, 5) is 4.93. The number of hydrogen-bond donors (Lipinski definition) is 0. The van der Waals surface area contributed by atoms with Crippen LogP contribution >= 0.6 is 0 Å². The molecule has 0 bridgehead atoms. The van der Waals surface area contributed by atoms with Gasteiger partial charge < -0.3 is 4.74 Å². The van der Waals surface area contributed by atoms with E-state index in [0.717, 1.165) is 22.3 Å². The third kappa shape index (κ3) is 4.40. The summed E-state index contributed by atoms with van der Waals surface area (Å²) >= 11 is 0. The van der Waals surface area contributed by atoms with Crippen molar-refractivity contribution < 1.29 is 13.2 Å². The number of hydrogen-bond acceptors (Lipinski definition) is 4. The van der Waals surface area contributed by atoms with Crippen molar-refractivity contribution in [3.63, 3.8) is 0 Å². The third-order valence-corrected chi connectivity index (χ3v) is 7.85. The fraction of sp³-hybridized carbons (Fsp3) is 0.296. The van der Waals surface area contributed by atoms with Gasteiger partial charge in [-0.05, 0) is 67.1 Å². The normalized spacial score (nSPS) is 12.3. The van der Waals surface area contributed by atoms with Gasteiger partial charge in [-0.2, -0.15) is 0 Å². The molecule has 0 aliphatic rings. The van der Waals surface area contributed by atoms with Crippen LogP contribution in [0.15, 0.2) is 65.6 Å². The number of rotatable bonds is 5. The van der Waals surface area contributed by atoms with Crippen molar-refractivity contribution in [2.24, 2.45) is 0 Å². The van der Waals surface area contributed by atoms with Gasteiger partial charge in [0.15, 0.2) is 5.82 Å². The quantitative estimate of drug-likeness (QED) is 0.361. The van der Waals surface area contributed by atoms with Crippen molar-refractivity contribution in [1.82, 2.24) is 8.96 Å². The number of benzene rings is 3. The zero-order chi connectivity index (χ0) is 24.0. The van der Waals surface area contributed by atoms with Gasteiger partial charge >= 0.3 is 0 Å². The Bertz CT molecular complexity index is 1400. The summed E-state index contributed by atoms with van der Waals surface area (Å²) < 4.78 is 35.4. The Morgan fingerprint density at radius 3 is 2.12 bits per heavy atom. The maximum absolute atomic E-state index is 14.1. The lowest BCUT2D eigenvalue weighted by atomic mass is 9.85.